The van der Waals surface area contributed by atoms with E-state index in [0.29, 0.717) is 23.9 Å². The average molecular weight is 486 g/mol. The SMILES string of the molecule is CN(Cc1nccs1)c1nc(Cl)nc(NNC(=O)[C@H](CC2CCCC2)CN(O)C=O)c1F. The number of anilines is 2. The van der Waals surface area contributed by atoms with Crippen LogP contribution in [0.3, 0.4) is 0 Å². The Morgan fingerprint density at radius 3 is 2.84 bits per heavy atom. The lowest BCUT2D eigenvalue weighted by molar-refractivity contribution is -0.154. The Labute approximate surface area is 193 Å². The van der Waals surface area contributed by atoms with E-state index in [2.05, 4.69) is 25.8 Å². The van der Waals surface area contributed by atoms with Gasteiger partial charge in [0, 0.05) is 18.6 Å². The molecule has 1 fully saturated rings. The quantitative estimate of drug-likeness (QED) is 0.192. The van der Waals surface area contributed by atoms with Gasteiger partial charge in [-0.1, -0.05) is 25.7 Å². The maximum atomic E-state index is 15.0. The van der Waals surface area contributed by atoms with Crippen molar-refractivity contribution in [2.45, 2.75) is 38.6 Å². The van der Waals surface area contributed by atoms with Crippen LogP contribution < -0.4 is 15.8 Å². The predicted octanol–water partition coefficient (Wildman–Crippen LogP) is 2.85. The minimum absolute atomic E-state index is 0.0538. The van der Waals surface area contributed by atoms with Gasteiger partial charge in [-0.05, 0) is 23.9 Å². The second-order valence-corrected chi connectivity index (χ2v) is 9.00. The third-order valence-corrected chi connectivity index (χ3v) is 6.25. The zero-order chi connectivity index (χ0) is 23.1. The van der Waals surface area contributed by atoms with E-state index in [4.69, 9.17) is 11.6 Å². The lowest BCUT2D eigenvalue weighted by atomic mass is 9.92. The first-order chi connectivity index (χ1) is 15.4. The monoisotopic (exact) mass is 485 g/mol. The summed E-state index contributed by atoms with van der Waals surface area (Å²) in [5.74, 6) is -1.98. The van der Waals surface area contributed by atoms with Crippen LogP contribution in [0.1, 0.15) is 37.1 Å². The summed E-state index contributed by atoms with van der Waals surface area (Å²) < 4.78 is 15.0. The van der Waals surface area contributed by atoms with Gasteiger partial charge in [0.15, 0.2) is 11.6 Å². The minimum atomic E-state index is -0.794. The van der Waals surface area contributed by atoms with Gasteiger partial charge in [0.05, 0.1) is 19.0 Å². The van der Waals surface area contributed by atoms with Crippen LogP contribution in [0.15, 0.2) is 11.6 Å². The normalized spacial score (nSPS) is 14.8. The van der Waals surface area contributed by atoms with Crippen LogP contribution in [0.5, 0.6) is 0 Å². The van der Waals surface area contributed by atoms with Crippen LogP contribution in [0.4, 0.5) is 16.0 Å². The Morgan fingerprint density at radius 2 is 2.19 bits per heavy atom. The van der Waals surface area contributed by atoms with Crippen LogP contribution >= 0.6 is 22.9 Å². The zero-order valence-electron chi connectivity index (χ0n) is 17.5. The van der Waals surface area contributed by atoms with E-state index in [1.165, 1.54) is 16.2 Å². The molecular formula is C19H25ClFN7O3S. The molecule has 1 aliphatic rings. The van der Waals surface area contributed by atoms with E-state index in [1.54, 1.807) is 13.2 Å². The van der Waals surface area contributed by atoms with Crippen molar-refractivity contribution in [2.24, 2.45) is 11.8 Å². The van der Waals surface area contributed by atoms with E-state index in [0.717, 1.165) is 30.7 Å². The Kier molecular flexibility index (Phi) is 8.53. The van der Waals surface area contributed by atoms with Gasteiger partial charge in [-0.2, -0.15) is 14.4 Å². The molecule has 0 unspecified atom stereocenters. The number of hydrogen-bond donors (Lipinski definition) is 3. The molecule has 0 radical (unpaired) electrons. The van der Waals surface area contributed by atoms with Gasteiger partial charge in [0.25, 0.3) is 0 Å². The second kappa shape index (κ2) is 11.3. The Hall–Kier alpha value is -2.57. The number of nitrogens with zero attached hydrogens (tertiary/aromatic N) is 5. The Balaban J connectivity index is 1.68. The summed E-state index contributed by atoms with van der Waals surface area (Å²) in [7, 11) is 1.64. The predicted molar refractivity (Wildman–Crippen MR) is 118 cm³/mol. The summed E-state index contributed by atoms with van der Waals surface area (Å²) in [5, 5.41) is 12.4. The molecule has 10 nitrogen and oxygen atoms in total. The molecule has 13 heteroatoms. The van der Waals surface area contributed by atoms with E-state index in [1.807, 2.05) is 5.38 Å². The van der Waals surface area contributed by atoms with E-state index < -0.39 is 17.6 Å². The van der Waals surface area contributed by atoms with Crippen molar-refractivity contribution in [3.8, 4) is 0 Å². The number of carbonyl (C=O) groups excluding carboxylic acids is 2. The molecule has 0 saturated heterocycles. The number of carbonyl (C=O) groups is 2. The van der Waals surface area contributed by atoms with Gasteiger partial charge < -0.3 is 4.90 Å². The number of hydrogen-bond acceptors (Lipinski definition) is 9. The summed E-state index contributed by atoms with van der Waals surface area (Å²) in [4.78, 5) is 37.0. The van der Waals surface area contributed by atoms with Gasteiger partial charge >= 0.3 is 0 Å². The number of amides is 2. The van der Waals surface area contributed by atoms with E-state index >= 15 is 4.39 Å². The summed E-state index contributed by atoms with van der Waals surface area (Å²) in [6.07, 6.45) is 6.58. The first kappa shape index (κ1) is 24.1. The molecule has 0 spiro atoms. The standard InChI is InChI=1S/C19H25ClFN7O3S/c1-27(10-14-22-6-7-32-14)17-15(21)16(23-19(20)24-17)25-26-18(30)13(9-28(31)11-29)8-12-4-2-3-5-12/h6-7,11-13,31H,2-5,8-10H2,1H3,(H,26,30)(H,23,24,25)/t13-/m1/s1. The fourth-order valence-electron chi connectivity index (χ4n) is 3.76. The highest BCUT2D eigenvalue weighted by Gasteiger charge is 2.27. The van der Waals surface area contributed by atoms with Gasteiger partial charge in [-0.15, -0.1) is 11.3 Å². The molecule has 2 amide bonds. The number of aromatic nitrogens is 3. The number of halogens is 2. The fourth-order valence-corrected chi connectivity index (χ4v) is 4.59. The maximum absolute atomic E-state index is 15.0. The first-order valence-electron chi connectivity index (χ1n) is 10.2. The highest BCUT2D eigenvalue weighted by Crippen LogP contribution is 2.31. The molecule has 2 aromatic rings. The minimum Gasteiger partial charge on any atom is -0.350 e. The zero-order valence-corrected chi connectivity index (χ0v) is 19.1. The molecule has 0 bridgehead atoms. The summed E-state index contributed by atoms with van der Waals surface area (Å²) in [6.45, 7) is 0.150. The molecule has 2 aromatic heterocycles. The summed E-state index contributed by atoms with van der Waals surface area (Å²) >= 11 is 7.39. The number of rotatable bonds is 11. The molecular weight excluding hydrogens is 461 g/mol. The van der Waals surface area contributed by atoms with Gasteiger partial charge in [0.1, 0.15) is 5.01 Å². The average Bonchev–Trinajstić information content (AvgIpc) is 3.47. The molecule has 1 aliphatic carbocycles. The van der Waals surface area contributed by atoms with E-state index in [9.17, 15) is 14.8 Å². The third kappa shape index (κ3) is 6.47. The van der Waals surface area contributed by atoms with Crippen LogP contribution in [0.25, 0.3) is 0 Å². The molecule has 1 atom stereocenters. The third-order valence-electron chi connectivity index (χ3n) is 5.32. The molecule has 1 saturated carbocycles. The smallest absolute Gasteiger partial charge is 0.243 e. The van der Waals surface area contributed by atoms with Crippen molar-refractivity contribution in [3.63, 3.8) is 0 Å². The van der Waals surface area contributed by atoms with Crippen LogP contribution in [-0.4, -0.2) is 51.1 Å². The Morgan fingerprint density at radius 1 is 1.44 bits per heavy atom. The fraction of sp³-hybridized carbons (Fsp3) is 0.526. The van der Waals surface area contributed by atoms with Crippen LogP contribution in [0, 0.1) is 17.7 Å². The number of hydrazine groups is 1. The van der Waals surface area contributed by atoms with Gasteiger partial charge in [-0.3, -0.25) is 25.6 Å². The van der Waals surface area contributed by atoms with Crippen molar-refractivity contribution in [1.29, 1.82) is 0 Å². The number of nitrogens with one attached hydrogen (secondary N) is 2. The van der Waals surface area contributed by atoms with Crippen LogP contribution in [0.2, 0.25) is 5.28 Å². The summed E-state index contributed by atoms with van der Waals surface area (Å²) in [5.41, 5.74) is 4.89. The molecule has 174 valence electrons. The first-order valence-corrected chi connectivity index (χ1v) is 11.4. The van der Waals surface area contributed by atoms with Crippen molar-refractivity contribution >= 4 is 46.9 Å². The van der Waals surface area contributed by atoms with Crippen molar-refractivity contribution in [1.82, 2.24) is 25.4 Å². The molecule has 3 rings (SSSR count). The Bertz CT molecular complexity index is 915. The highest BCUT2D eigenvalue weighted by molar-refractivity contribution is 7.09. The number of hydroxylamine groups is 2. The van der Waals surface area contributed by atoms with Gasteiger partial charge in [0.2, 0.25) is 23.4 Å². The van der Waals surface area contributed by atoms with Gasteiger partial charge in [-0.25, -0.2) is 10.0 Å². The van der Waals surface area contributed by atoms with Crippen molar-refractivity contribution in [3.05, 3.63) is 27.7 Å². The lowest BCUT2D eigenvalue weighted by Crippen LogP contribution is -2.41. The molecule has 0 aromatic carbocycles. The van der Waals surface area contributed by atoms with Crippen molar-refractivity contribution in [2.75, 3.05) is 23.9 Å². The summed E-state index contributed by atoms with van der Waals surface area (Å²) in [6, 6.07) is 0. The molecule has 0 aliphatic heterocycles. The van der Waals surface area contributed by atoms with Crippen LogP contribution in [-0.2, 0) is 16.1 Å². The topological polar surface area (TPSA) is 124 Å². The molecule has 3 N–H and O–H groups in total. The number of thiazole rings is 1. The maximum Gasteiger partial charge on any atom is 0.243 e. The van der Waals surface area contributed by atoms with Crippen molar-refractivity contribution < 1.29 is 19.2 Å². The van der Waals surface area contributed by atoms with E-state index in [-0.39, 0.29) is 29.9 Å². The second-order valence-electron chi connectivity index (χ2n) is 7.69. The lowest BCUT2D eigenvalue weighted by Gasteiger charge is -2.23. The molecule has 32 heavy (non-hydrogen) atoms. The largest absolute Gasteiger partial charge is 0.350 e. The highest BCUT2D eigenvalue weighted by atomic mass is 35.5. The molecule has 2 heterocycles.